The van der Waals surface area contributed by atoms with Crippen molar-refractivity contribution in [2.45, 2.75) is 18.0 Å². The smallest absolute Gasteiger partial charge is 0.438 e. The quantitative estimate of drug-likeness (QED) is 0.204. The summed E-state index contributed by atoms with van der Waals surface area (Å²) in [6.07, 6.45) is -12.8. The van der Waals surface area contributed by atoms with Gasteiger partial charge in [-0.25, -0.2) is 9.59 Å². The fourth-order valence-electron chi connectivity index (χ4n) is 2.03. The van der Waals surface area contributed by atoms with Crippen LogP contribution >= 0.6 is 0 Å². The van der Waals surface area contributed by atoms with Crippen molar-refractivity contribution in [3.05, 3.63) is 36.4 Å². The van der Waals surface area contributed by atoms with Gasteiger partial charge in [-0.2, -0.15) is 34.8 Å². The van der Waals surface area contributed by atoms with E-state index in [9.17, 15) is 44.3 Å². The largest absolute Gasteiger partial charge is 0.445 e. The average molecular weight is 475 g/mol. The average Bonchev–Trinajstić information content (AvgIpc) is 2.57. The third kappa shape index (κ3) is 6.62. The lowest BCUT2D eigenvalue weighted by molar-refractivity contribution is -0.356. The zero-order valence-corrected chi connectivity index (χ0v) is 15.9. The van der Waals surface area contributed by atoms with Crippen LogP contribution in [0.2, 0.25) is 0 Å². The molecule has 0 aromatic heterocycles. The highest BCUT2D eigenvalue weighted by atomic mass is 32.2. The van der Waals surface area contributed by atoms with E-state index in [1.54, 1.807) is 0 Å². The van der Waals surface area contributed by atoms with E-state index in [0.717, 1.165) is 6.07 Å². The third-order valence-corrected chi connectivity index (χ3v) is 4.20. The molecule has 1 aromatic carbocycles. The summed E-state index contributed by atoms with van der Waals surface area (Å²) in [5.41, 5.74) is -7.22. The Labute approximate surface area is 172 Å². The lowest BCUT2D eigenvalue weighted by Crippen LogP contribution is -2.63. The number of nitrogens with one attached hydrogen (secondary N) is 1. The van der Waals surface area contributed by atoms with Crippen LogP contribution in [0.1, 0.15) is 10.4 Å². The van der Waals surface area contributed by atoms with Crippen LogP contribution in [0.3, 0.4) is 0 Å². The first-order valence-corrected chi connectivity index (χ1v) is 9.30. The maximum Gasteiger partial charge on any atom is 0.438 e. The topological polar surface area (TPSA) is 119 Å². The minimum Gasteiger partial charge on any atom is -0.445 e. The second kappa shape index (κ2) is 9.17. The highest BCUT2D eigenvalue weighted by Gasteiger charge is 2.76. The van der Waals surface area contributed by atoms with Crippen LogP contribution in [-0.4, -0.2) is 63.2 Å². The Morgan fingerprint density at radius 2 is 1.71 bits per heavy atom. The zero-order chi connectivity index (χ0) is 24.3. The Kier molecular flexibility index (Phi) is 7.78. The molecule has 2 radical (unpaired) electrons. The Morgan fingerprint density at radius 1 is 1.16 bits per heavy atom. The number of hydrogen-bond donors (Lipinski definition) is 2. The summed E-state index contributed by atoms with van der Waals surface area (Å²) in [6, 6.07) is 2.05. The number of ether oxygens (including phenoxy) is 2. The first kappa shape index (κ1) is 26.3. The molecule has 2 N–H and O–H groups in total. The SMILES string of the molecule is [B]c1cc(C(=O)OC(CS(=O)(=O)O)(C(F)(F)F)C(F)(F)F)ccc1NC(=O)OCC=C. The summed E-state index contributed by atoms with van der Waals surface area (Å²) in [6.45, 7) is 3.09. The van der Waals surface area contributed by atoms with Crippen molar-refractivity contribution in [1.29, 1.82) is 0 Å². The Bertz CT molecular complexity index is 948. The fourth-order valence-corrected chi connectivity index (χ4v) is 2.93. The fraction of sp³-hybridized carbons (Fsp3) is 0.333. The minimum absolute atomic E-state index is 0.194. The van der Waals surface area contributed by atoms with Gasteiger partial charge in [-0.05, 0) is 12.1 Å². The Hall–Kier alpha value is -2.75. The predicted molar refractivity (Wildman–Crippen MR) is 93.7 cm³/mol. The molecule has 0 aliphatic carbocycles. The number of halogens is 6. The predicted octanol–water partition coefficient (Wildman–Crippen LogP) is 2.12. The van der Waals surface area contributed by atoms with Gasteiger partial charge in [0.05, 0.1) is 5.56 Å². The van der Waals surface area contributed by atoms with Crippen molar-refractivity contribution in [2.24, 2.45) is 0 Å². The molecular formula is C15H12BF6NO7S. The van der Waals surface area contributed by atoms with Gasteiger partial charge in [0.25, 0.3) is 10.1 Å². The molecule has 8 nitrogen and oxygen atoms in total. The number of carbonyl (C=O) groups is 2. The van der Waals surface area contributed by atoms with Crippen molar-refractivity contribution in [3.63, 3.8) is 0 Å². The first-order valence-electron chi connectivity index (χ1n) is 7.69. The third-order valence-electron chi connectivity index (χ3n) is 3.42. The Balaban J connectivity index is 3.29. The number of alkyl halides is 6. The van der Waals surface area contributed by atoms with Crippen LogP contribution in [0.15, 0.2) is 30.9 Å². The van der Waals surface area contributed by atoms with Crippen LogP contribution in [0.25, 0.3) is 0 Å². The molecular weight excluding hydrogens is 463 g/mol. The highest BCUT2D eigenvalue weighted by Crippen LogP contribution is 2.47. The van der Waals surface area contributed by atoms with Gasteiger partial charge < -0.3 is 9.47 Å². The number of rotatable bonds is 7. The van der Waals surface area contributed by atoms with Gasteiger partial charge >= 0.3 is 30.0 Å². The van der Waals surface area contributed by atoms with E-state index in [1.165, 1.54) is 6.08 Å². The summed E-state index contributed by atoms with van der Waals surface area (Å²) in [5, 5.41) is 2.08. The molecule has 170 valence electrons. The van der Waals surface area contributed by atoms with E-state index in [0.29, 0.717) is 12.1 Å². The van der Waals surface area contributed by atoms with Gasteiger partial charge in [0, 0.05) is 5.69 Å². The number of amides is 1. The maximum atomic E-state index is 13.2. The number of esters is 1. The van der Waals surface area contributed by atoms with E-state index < -0.39 is 56.9 Å². The molecule has 31 heavy (non-hydrogen) atoms. The van der Waals surface area contributed by atoms with Crippen LogP contribution in [0.5, 0.6) is 0 Å². The molecule has 16 heteroatoms. The molecule has 0 spiro atoms. The van der Waals surface area contributed by atoms with Crippen LogP contribution in [-0.2, 0) is 19.6 Å². The van der Waals surface area contributed by atoms with Crippen LogP contribution in [0, 0.1) is 0 Å². The number of carbonyl (C=O) groups excluding carboxylic acids is 2. The molecule has 0 aliphatic rings. The summed E-state index contributed by atoms with van der Waals surface area (Å²) in [4.78, 5) is 23.4. The molecule has 0 saturated heterocycles. The van der Waals surface area contributed by atoms with Crippen molar-refractivity contribution < 1.29 is 58.4 Å². The standard InChI is InChI=1S/C15H12BF6NO7S/c1-2-5-29-12(25)23-10-4-3-8(6-9(10)16)11(24)30-13(14(17,18)19,15(20,21)22)7-31(26,27)28/h2-4,6H,1,5,7H2,(H,23,25)(H,26,27,28). The molecule has 1 amide bonds. The van der Waals surface area contributed by atoms with Crippen LogP contribution in [0.4, 0.5) is 36.8 Å². The van der Waals surface area contributed by atoms with Gasteiger partial charge in [0.15, 0.2) is 0 Å². The maximum absolute atomic E-state index is 13.2. The molecule has 1 rings (SSSR count). The van der Waals surface area contributed by atoms with Gasteiger partial charge in [-0.3, -0.25) is 9.87 Å². The first-order chi connectivity index (χ1) is 13.9. The number of anilines is 1. The summed E-state index contributed by atoms with van der Waals surface area (Å²) in [5.74, 6) is -5.28. The van der Waals surface area contributed by atoms with Gasteiger partial charge in [-0.1, -0.05) is 24.2 Å². The Morgan fingerprint density at radius 3 is 2.13 bits per heavy atom. The van der Waals surface area contributed by atoms with Crippen molar-refractivity contribution >= 4 is 41.2 Å². The molecule has 0 saturated carbocycles. The zero-order valence-electron chi connectivity index (χ0n) is 15.1. The van der Waals surface area contributed by atoms with Crippen molar-refractivity contribution in [2.75, 3.05) is 17.7 Å². The molecule has 0 atom stereocenters. The molecule has 0 unspecified atom stereocenters. The second-order valence-electron chi connectivity index (χ2n) is 5.75. The normalized spacial score (nSPS) is 12.7. The van der Waals surface area contributed by atoms with Crippen molar-refractivity contribution in [3.8, 4) is 0 Å². The van der Waals surface area contributed by atoms with E-state index >= 15 is 0 Å². The number of benzene rings is 1. The van der Waals surface area contributed by atoms with E-state index in [2.05, 4.69) is 21.4 Å². The van der Waals surface area contributed by atoms with Gasteiger partial charge in [-0.15, -0.1) is 0 Å². The molecule has 1 aromatic rings. The van der Waals surface area contributed by atoms with Gasteiger partial charge in [0.2, 0.25) is 0 Å². The number of hydrogen-bond acceptors (Lipinski definition) is 6. The molecule has 0 aliphatic heterocycles. The molecule has 0 fully saturated rings. The molecule has 0 heterocycles. The lowest BCUT2D eigenvalue weighted by atomic mass is 9.92. The van der Waals surface area contributed by atoms with E-state index in [4.69, 9.17) is 12.4 Å². The summed E-state index contributed by atoms with van der Waals surface area (Å²) in [7, 11) is -0.428. The van der Waals surface area contributed by atoms with Crippen molar-refractivity contribution in [1.82, 2.24) is 0 Å². The van der Waals surface area contributed by atoms with E-state index in [-0.39, 0.29) is 12.3 Å². The minimum atomic E-state index is -6.47. The highest BCUT2D eigenvalue weighted by molar-refractivity contribution is 7.85. The van der Waals surface area contributed by atoms with E-state index in [1.807, 2.05) is 0 Å². The summed E-state index contributed by atoms with van der Waals surface area (Å²) < 4.78 is 118. The van der Waals surface area contributed by atoms with Crippen LogP contribution < -0.4 is 10.8 Å². The second-order valence-corrected chi connectivity index (χ2v) is 7.20. The van der Waals surface area contributed by atoms with Gasteiger partial charge in [0.1, 0.15) is 20.2 Å². The lowest BCUT2D eigenvalue weighted by Gasteiger charge is -2.35. The molecule has 0 bridgehead atoms. The summed E-state index contributed by atoms with van der Waals surface area (Å²) >= 11 is 0. The monoisotopic (exact) mass is 475 g/mol.